The van der Waals surface area contributed by atoms with E-state index in [1.807, 2.05) is 54.6 Å². The van der Waals surface area contributed by atoms with Crippen LogP contribution in [0.15, 0.2) is 54.6 Å². The number of nitrogens with zero attached hydrogens (tertiary/aromatic N) is 1. The summed E-state index contributed by atoms with van der Waals surface area (Å²) in [4.78, 5) is 37.9. The standard InChI is InChI=1S/C22H25N3O4/c1-29-18-9-7-16(8-10-18)13-14-25-21(27)19(24-22(25)28)11-12-20(26)23-15-17-5-3-2-4-6-17/h2-10,19H,11-15H2,1H3,(H,23,26)(H,24,28)/t19-/m0/s1. The molecule has 2 aromatic rings. The zero-order chi connectivity index (χ0) is 20.6. The number of nitrogens with one attached hydrogen (secondary N) is 2. The highest BCUT2D eigenvalue weighted by atomic mass is 16.5. The van der Waals surface area contributed by atoms with Crippen LogP contribution in [-0.4, -0.2) is 42.4 Å². The molecule has 0 spiro atoms. The highest BCUT2D eigenvalue weighted by molar-refractivity contribution is 6.04. The SMILES string of the molecule is COc1ccc(CCN2C(=O)N[C@@H](CCC(=O)NCc3ccccc3)C2=O)cc1. The second-order valence-electron chi connectivity index (χ2n) is 6.89. The predicted octanol–water partition coefficient (Wildman–Crippen LogP) is 2.25. The summed E-state index contributed by atoms with van der Waals surface area (Å²) in [6.07, 6.45) is 1.02. The number of carbonyl (C=O) groups is 3. The van der Waals surface area contributed by atoms with Gasteiger partial charge in [-0.3, -0.25) is 14.5 Å². The van der Waals surface area contributed by atoms with Gasteiger partial charge in [0.05, 0.1) is 7.11 Å². The minimum Gasteiger partial charge on any atom is -0.497 e. The summed E-state index contributed by atoms with van der Waals surface area (Å²) < 4.78 is 5.12. The van der Waals surface area contributed by atoms with Crippen molar-refractivity contribution in [2.75, 3.05) is 13.7 Å². The number of ether oxygens (including phenoxy) is 1. The molecule has 0 radical (unpaired) electrons. The monoisotopic (exact) mass is 395 g/mol. The first kappa shape index (κ1) is 20.4. The van der Waals surface area contributed by atoms with Crippen LogP contribution in [0.2, 0.25) is 0 Å². The minimum absolute atomic E-state index is 0.146. The van der Waals surface area contributed by atoms with E-state index >= 15 is 0 Å². The first-order valence-corrected chi connectivity index (χ1v) is 9.62. The van der Waals surface area contributed by atoms with Gasteiger partial charge in [0, 0.05) is 19.5 Å². The van der Waals surface area contributed by atoms with Crippen LogP contribution < -0.4 is 15.4 Å². The van der Waals surface area contributed by atoms with Crippen molar-refractivity contribution in [2.45, 2.75) is 31.8 Å². The Balaban J connectivity index is 1.43. The van der Waals surface area contributed by atoms with Crippen LogP contribution >= 0.6 is 0 Å². The summed E-state index contributed by atoms with van der Waals surface area (Å²) >= 11 is 0. The van der Waals surface area contributed by atoms with E-state index < -0.39 is 12.1 Å². The van der Waals surface area contributed by atoms with Crippen LogP contribution in [0, 0.1) is 0 Å². The molecular weight excluding hydrogens is 370 g/mol. The van der Waals surface area contributed by atoms with Crippen LogP contribution in [0.25, 0.3) is 0 Å². The summed E-state index contributed by atoms with van der Waals surface area (Å²) in [6, 6.07) is 16.1. The molecule has 1 aliphatic rings. The molecule has 3 rings (SSSR count). The fourth-order valence-corrected chi connectivity index (χ4v) is 3.18. The molecule has 7 heteroatoms. The topological polar surface area (TPSA) is 87.7 Å². The van der Waals surface area contributed by atoms with Gasteiger partial charge in [0.15, 0.2) is 0 Å². The number of rotatable bonds is 9. The zero-order valence-corrected chi connectivity index (χ0v) is 16.4. The summed E-state index contributed by atoms with van der Waals surface area (Å²) in [5.41, 5.74) is 2.02. The maximum absolute atomic E-state index is 12.5. The third kappa shape index (κ3) is 5.57. The quantitative estimate of drug-likeness (QED) is 0.638. The van der Waals surface area contributed by atoms with Gasteiger partial charge in [-0.1, -0.05) is 42.5 Å². The van der Waals surface area contributed by atoms with Crippen LogP contribution in [0.4, 0.5) is 4.79 Å². The van der Waals surface area contributed by atoms with E-state index in [4.69, 9.17) is 4.74 Å². The smallest absolute Gasteiger partial charge is 0.324 e. The second-order valence-corrected chi connectivity index (χ2v) is 6.89. The average molecular weight is 395 g/mol. The van der Waals surface area contributed by atoms with E-state index in [2.05, 4.69) is 10.6 Å². The fraction of sp³-hybridized carbons (Fsp3) is 0.318. The van der Waals surface area contributed by atoms with Gasteiger partial charge in [-0.05, 0) is 36.1 Å². The number of carbonyl (C=O) groups excluding carboxylic acids is 3. The predicted molar refractivity (Wildman–Crippen MR) is 108 cm³/mol. The molecule has 0 unspecified atom stereocenters. The Hall–Kier alpha value is -3.35. The summed E-state index contributed by atoms with van der Waals surface area (Å²) in [6.45, 7) is 0.742. The maximum atomic E-state index is 12.5. The van der Waals surface area contributed by atoms with Crippen LogP contribution in [-0.2, 0) is 22.6 Å². The van der Waals surface area contributed by atoms with Crippen molar-refractivity contribution in [3.05, 3.63) is 65.7 Å². The fourth-order valence-electron chi connectivity index (χ4n) is 3.18. The number of imide groups is 1. The van der Waals surface area contributed by atoms with E-state index in [9.17, 15) is 14.4 Å². The highest BCUT2D eigenvalue weighted by Gasteiger charge is 2.37. The van der Waals surface area contributed by atoms with Crippen LogP contribution in [0.5, 0.6) is 5.75 Å². The Labute approximate surface area is 170 Å². The third-order valence-corrected chi connectivity index (χ3v) is 4.88. The third-order valence-electron chi connectivity index (χ3n) is 4.88. The molecule has 7 nitrogen and oxygen atoms in total. The molecule has 29 heavy (non-hydrogen) atoms. The lowest BCUT2D eigenvalue weighted by Crippen LogP contribution is -2.34. The molecule has 1 aliphatic heterocycles. The molecule has 2 aromatic carbocycles. The minimum atomic E-state index is -0.652. The number of hydrogen-bond acceptors (Lipinski definition) is 4. The molecule has 2 N–H and O–H groups in total. The molecule has 0 saturated carbocycles. The molecule has 0 aliphatic carbocycles. The Bertz CT molecular complexity index is 852. The average Bonchev–Trinajstić information content (AvgIpc) is 3.03. The van der Waals surface area contributed by atoms with Gasteiger partial charge in [-0.25, -0.2) is 4.79 Å². The summed E-state index contributed by atoms with van der Waals surface area (Å²) in [5, 5.41) is 5.50. The number of methoxy groups -OCH3 is 1. The number of benzene rings is 2. The van der Waals surface area contributed by atoms with E-state index in [1.54, 1.807) is 7.11 Å². The van der Waals surface area contributed by atoms with Gasteiger partial charge in [-0.15, -0.1) is 0 Å². The highest BCUT2D eigenvalue weighted by Crippen LogP contribution is 2.15. The van der Waals surface area contributed by atoms with Gasteiger partial charge in [0.25, 0.3) is 5.91 Å². The Morgan fingerprint density at radius 2 is 1.79 bits per heavy atom. The molecule has 0 bridgehead atoms. The number of hydrogen-bond donors (Lipinski definition) is 2. The second kappa shape index (κ2) is 9.73. The molecule has 4 amide bonds. The largest absolute Gasteiger partial charge is 0.497 e. The normalized spacial score (nSPS) is 15.9. The van der Waals surface area contributed by atoms with E-state index in [0.717, 1.165) is 16.9 Å². The van der Waals surface area contributed by atoms with Crippen LogP contribution in [0.1, 0.15) is 24.0 Å². The lowest BCUT2D eigenvalue weighted by Gasteiger charge is -2.13. The van der Waals surface area contributed by atoms with E-state index in [0.29, 0.717) is 19.5 Å². The molecule has 1 fully saturated rings. The van der Waals surface area contributed by atoms with Gasteiger partial charge < -0.3 is 15.4 Å². The first-order chi connectivity index (χ1) is 14.1. The van der Waals surface area contributed by atoms with Gasteiger partial charge in [-0.2, -0.15) is 0 Å². The van der Waals surface area contributed by atoms with Crippen molar-refractivity contribution in [3.63, 3.8) is 0 Å². The van der Waals surface area contributed by atoms with Crippen molar-refractivity contribution in [3.8, 4) is 5.75 Å². The lowest BCUT2D eigenvalue weighted by molar-refractivity contribution is -0.127. The molecule has 1 heterocycles. The summed E-state index contributed by atoms with van der Waals surface area (Å²) in [7, 11) is 1.60. The molecule has 1 saturated heterocycles. The number of urea groups is 1. The van der Waals surface area contributed by atoms with E-state index in [-0.39, 0.29) is 24.7 Å². The van der Waals surface area contributed by atoms with Crippen molar-refractivity contribution in [2.24, 2.45) is 0 Å². The lowest BCUT2D eigenvalue weighted by atomic mass is 10.1. The Morgan fingerprint density at radius 1 is 1.07 bits per heavy atom. The Morgan fingerprint density at radius 3 is 2.48 bits per heavy atom. The van der Waals surface area contributed by atoms with E-state index in [1.165, 1.54) is 4.90 Å². The molecule has 1 atom stereocenters. The van der Waals surface area contributed by atoms with Gasteiger partial charge in [0.2, 0.25) is 5.91 Å². The molecule has 152 valence electrons. The molecular formula is C22H25N3O4. The molecule has 0 aromatic heterocycles. The van der Waals surface area contributed by atoms with Crippen molar-refractivity contribution < 1.29 is 19.1 Å². The number of amides is 4. The zero-order valence-electron chi connectivity index (χ0n) is 16.4. The Kier molecular flexibility index (Phi) is 6.84. The van der Waals surface area contributed by atoms with Crippen molar-refractivity contribution in [1.82, 2.24) is 15.5 Å². The van der Waals surface area contributed by atoms with Crippen molar-refractivity contribution >= 4 is 17.8 Å². The van der Waals surface area contributed by atoms with Gasteiger partial charge >= 0.3 is 6.03 Å². The summed E-state index contributed by atoms with van der Waals surface area (Å²) in [5.74, 6) is 0.335. The van der Waals surface area contributed by atoms with Gasteiger partial charge in [0.1, 0.15) is 11.8 Å². The first-order valence-electron chi connectivity index (χ1n) is 9.62. The maximum Gasteiger partial charge on any atom is 0.324 e. The van der Waals surface area contributed by atoms with Crippen LogP contribution in [0.3, 0.4) is 0 Å². The van der Waals surface area contributed by atoms with Crippen molar-refractivity contribution in [1.29, 1.82) is 0 Å².